The molecule has 44 heavy (non-hydrogen) atoms. The molecule has 2 heterocycles. The maximum atomic E-state index is 6.03. The summed E-state index contributed by atoms with van der Waals surface area (Å²) in [5.74, 6) is 0. The lowest BCUT2D eigenvalue weighted by Gasteiger charge is -2.27. The lowest BCUT2D eigenvalue weighted by Crippen LogP contribution is -2.26. The number of fused-ring (bicyclic) bond motifs is 2. The van der Waals surface area contributed by atoms with Gasteiger partial charge in [-0.25, -0.2) is 0 Å². The number of hydrogen-bond donors (Lipinski definition) is 0. The highest BCUT2D eigenvalue weighted by molar-refractivity contribution is 7.80. The van der Waals surface area contributed by atoms with E-state index < -0.39 is 15.8 Å². The van der Waals surface area contributed by atoms with Crippen LogP contribution in [0.25, 0.3) is 11.1 Å². The minimum Gasteiger partial charge on any atom is -0.372 e. The van der Waals surface area contributed by atoms with Gasteiger partial charge in [0.05, 0.1) is 26.4 Å². The van der Waals surface area contributed by atoms with E-state index in [0.717, 1.165) is 0 Å². The fourth-order valence-electron chi connectivity index (χ4n) is 6.40. The predicted octanol–water partition coefficient (Wildman–Crippen LogP) is 6.93. The summed E-state index contributed by atoms with van der Waals surface area (Å²) in [4.78, 5) is 0. The molecule has 6 aromatic carbocycles. The molecule has 0 fully saturated rings. The molecule has 2 aliphatic rings. The molecule has 0 saturated heterocycles. The summed E-state index contributed by atoms with van der Waals surface area (Å²) in [6, 6.07) is 54.0. The van der Waals surface area contributed by atoms with Crippen molar-refractivity contribution >= 4 is 47.7 Å². The molecular formula is C40H32O2P2. The summed E-state index contributed by atoms with van der Waals surface area (Å²) in [6.45, 7) is 2.65. The fraction of sp³-hybridized carbons (Fsp3) is 0.100. The molecule has 2 aliphatic heterocycles. The molecule has 4 heteroatoms. The maximum Gasteiger partial charge on any atom is 0.0725 e. The van der Waals surface area contributed by atoms with E-state index >= 15 is 0 Å². The van der Waals surface area contributed by atoms with Crippen molar-refractivity contribution in [1.82, 2.24) is 0 Å². The first-order chi connectivity index (χ1) is 21.8. The van der Waals surface area contributed by atoms with Gasteiger partial charge in [0.25, 0.3) is 0 Å². The van der Waals surface area contributed by atoms with Crippen LogP contribution in [0.5, 0.6) is 0 Å². The topological polar surface area (TPSA) is 18.5 Å². The standard InChI is InChI=1S/C40H32O2P2/c1-5-13-33(14-6-1)43(34-15-7-2-8-16-34)39-23-31-27-41-25-29(31)21-37(39)38-22-30-26-42-28-32(30)24-40(38)44(35-17-9-3-10-18-35)36-19-11-4-12-20-36/h1-24H,25-28H2. The van der Waals surface area contributed by atoms with Crippen molar-refractivity contribution in [3.8, 4) is 11.1 Å². The Hall–Kier alpha value is -3.90. The van der Waals surface area contributed by atoms with E-state index in [9.17, 15) is 0 Å². The van der Waals surface area contributed by atoms with Crippen LogP contribution in [0.15, 0.2) is 146 Å². The SMILES string of the molecule is c1ccc(P(c2ccccc2)c2cc3c(cc2-c2cc4c(cc2P(c2ccccc2)c2ccccc2)COC4)COC3)cc1. The van der Waals surface area contributed by atoms with Crippen LogP contribution in [0.2, 0.25) is 0 Å². The Bertz CT molecular complexity index is 1690. The maximum absolute atomic E-state index is 6.03. The average molecular weight is 607 g/mol. The van der Waals surface area contributed by atoms with Gasteiger partial charge in [0.1, 0.15) is 0 Å². The van der Waals surface area contributed by atoms with Crippen molar-refractivity contribution in [2.45, 2.75) is 26.4 Å². The highest BCUT2D eigenvalue weighted by atomic mass is 31.1. The molecule has 2 nitrogen and oxygen atoms in total. The summed E-state index contributed by atoms with van der Waals surface area (Å²) in [5.41, 5.74) is 7.84. The molecule has 0 saturated carbocycles. The van der Waals surface area contributed by atoms with E-state index in [1.807, 2.05) is 0 Å². The third kappa shape index (κ3) is 5.23. The van der Waals surface area contributed by atoms with E-state index in [2.05, 4.69) is 146 Å². The minimum atomic E-state index is -0.823. The van der Waals surface area contributed by atoms with Crippen molar-refractivity contribution in [2.24, 2.45) is 0 Å². The smallest absolute Gasteiger partial charge is 0.0725 e. The summed E-state index contributed by atoms with van der Waals surface area (Å²) in [7, 11) is -1.65. The molecule has 0 bridgehead atoms. The van der Waals surface area contributed by atoms with Gasteiger partial charge in [-0.1, -0.05) is 121 Å². The Morgan fingerprint density at radius 1 is 0.341 bits per heavy atom. The van der Waals surface area contributed by atoms with Gasteiger partial charge in [0, 0.05) is 0 Å². The second-order valence-corrected chi connectivity index (χ2v) is 15.6. The zero-order valence-corrected chi connectivity index (χ0v) is 26.2. The van der Waals surface area contributed by atoms with Crippen molar-refractivity contribution in [3.63, 3.8) is 0 Å². The second kappa shape index (κ2) is 12.2. The summed E-state index contributed by atoms with van der Waals surface area (Å²) in [6.07, 6.45) is 0. The Morgan fingerprint density at radius 2 is 0.614 bits per heavy atom. The van der Waals surface area contributed by atoms with Gasteiger partial charge < -0.3 is 9.47 Å². The largest absolute Gasteiger partial charge is 0.372 e. The van der Waals surface area contributed by atoms with E-state index in [0.29, 0.717) is 26.4 Å². The first kappa shape index (κ1) is 27.6. The molecule has 214 valence electrons. The van der Waals surface area contributed by atoms with E-state index in [-0.39, 0.29) is 0 Å². The average Bonchev–Trinajstić information content (AvgIpc) is 3.75. The zero-order chi connectivity index (χ0) is 29.3. The van der Waals surface area contributed by atoms with Crippen molar-refractivity contribution < 1.29 is 9.47 Å². The first-order valence-corrected chi connectivity index (χ1v) is 17.8. The predicted molar refractivity (Wildman–Crippen MR) is 186 cm³/mol. The van der Waals surface area contributed by atoms with Crippen molar-refractivity contribution in [3.05, 3.63) is 168 Å². The number of benzene rings is 6. The van der Waals surface area contributed by atoms with Gasteiger partial charge in [0.2, 0.25) is 0 Å². The van der Waals surface area contributed by atoms with Crippen LogP contribution in [0.1, 0.15) is 22.3 Å². The van der Waals surface area contributed by atoms with Gasteiger partial charge in [-0.05, 0) is 105 Å². The van der Waals surface area contributed by atoms with E-state index in [1.165, 1.54) is 65.2 Å². The Balaban J connectivity index is 1.43. The van der Waals surface area contributed by atoms with Gasteiger partial charge >= 0.3 is 0 Å². The lowest BCUT2D eigenvalue weighted by atomic mass is 9.97. The van der Waals surface area contributed by atoms with Crippen LogP contribution in [0, 0.1) is 0 Å². The van der Waals surface area contributed by atoms with Gasteiger partial charge in [-0.2, -0.15) is 0 Å². The summed E-state index contributed by atoms with van der Waals surface area (Å²) < 4.78 is 12.1. The molecule has 0 spiro atoms. The van der Waals surface area contributed by atoms with E-state index in [4.69, 9.17) is 9.47 Å². The monoisotopic (exact) mass is 606 g/mol. The number of rotatable bonds is 7. The van der Waals surface area contributed by atoms with Crippen LogP contribution in [0.3, 0.4) is 0 Å². The van der Waals surface area contributed by atoms with Crippen LogP contribution in [0.4, 0.5) is 0 Å². The Labute approximate surface area is 261 Å². The third-order valence-corrected chi connectivity index (χ3v) is 13.5. The fourth-order valence-corrected chi connectivity index (χ4v) is 11.4. The van der Waals surface area contributed by atoms with Crippen molar-refractivity contribution in [2.75, 3.05) is 0 Å². The lowest BCUT2D eigenvalue weighted by molar-refractivity contribution is 0.134. The molecule has 0 N–H and O–H groups in total. The van der Waals surface area contributed by atoms with Gasteiger partial charge in [0.15, 0.2) is 0 Å². The molecule has 0 amide bonds. The number of ether oxygens (including phenoxy) is 2. The number of hydrogen-bond acceptors (Lipinski definition) is 2. The highest BCUT2D eigenvalue weighted by Crippen LogP contribution is 2.43. The third-order valence-electron chi connectivity index (χ3n) is 8.50. The first-order valence-electron chi connectivity index (χ1n) is 15.1. The molecular weight excluding hydrogens is 574 g/mol. The van der Waals surface area contributed by atoms with Gasteiger partial charge in [-0.15, -0.1) is 0 Å². The molecule has 0 aromatic heterocycles. The normalized spacial score (nSPS) is 13.8. The van der Waals surface area contributed by atoms with Crippen LogP contribution in [-0.4, -0.2) is 0 Å². The highest BCUT2D eigenvalue weighted by Gasteiger charge is 2.29. The van der Waals surface area contributed by atoms with Crippen LogP contribution in [-0.2, 0) is 35.9 Å². The minimum absolute atomic E-state index is 0.659. The second-order valence-electron chi connectivity index (χ2n) is 11.3. The Morgan fingerprint density at radius 3 is 0.909 bits per heavy atom. The van der Waals surface area contributed by atoms with Crippen LogP contribution >= 0.6 is 15.8 Å². The molecule has 0 unspecified atom stereocenters. The van der Waals surface area contributed by atoms with Crippen molar-refractivity contribution in [1.29, 1.82) is 0 Å². The molecule has 0 aliphatic carbocycles. The van der Waals surface area contributed by atoms with Gasteiger partial charge in [-0.3, -0.25) is 0 Å². The van der Waals surface area contributed by atoms with Crippen LogP contribution < -0.4 is 31.8 Å². The van der Waals surface area contributed by atoms with E-state index in [1.54, 1.807) is 0 Å². The zero-order valence-electron chi connectivity index (χ0n) is 24.4. The summed E-state index contributed by atoms with van der Waals surface area (Å²) in [5, 5.41) is 8.19. The Kier molecular flexibility index (Phi) is 7.69. The quantitative estimate of drug-likeness (QED) is 0.184. The summed E-state index contributed by atoms with van der Waals surface area (Å²) >= 11 is 0. The molecule has 8 rings (SSSR count). The molecule has 0 atom stereocenters. The molecule has 0 radical (unpaired) electrons. The molecule has 6 aromatic rings.